The fourth-order valence-electron chi connectivity index (χ4n) is 1.77. The van der Waals surface area contributed by atoms with Gasteiger partial charge >= 0.3 is 0 Å². The van der Waals surface area contributed by atoms with E-state index in [2.05, 4.69) is 18.2 Å². The molecule has 76 valence electrons. The van der Waals surface area contributed by atoms with E-state index in [4.69, 9.17) is 5.73 Å². The molecule has 15 heavy (non-hydrogen) atoms. The Morgan fingerprint density at radius 2 is 1.87 bits per heavy atom. The van der Waals surface area contributed by atoms with Crippen molar-refractivity contribution in [3.63, 3.8) is 0 Å². The number of hydrogen-bond acceptors (Lipinski definition) is 2. The van der Waals surface area contributed by atoms with Crippen molar-refractivity contribution in [2.45, 2.75) is 12.5 Å². The van der Waals surface area contributed by atoms with E-state index >= 15 is 0 Å². The monoisotopic (exact) mass is 199 g/mol. The average Bonchev–Trinajstić information content (AvgIpc) is 2.29. The maximum atomic E-state index is 10.5. The molecule has 0 heterocycles. The van der Waals surface area contributed by atoms with E-state index in [0.717, 1.165) is 11.8 Å². The van der Waals surface area contributed by atoms with Crippen LogP contribution in [-0.2, 0) is 11.2 Å². The van der Waals surface area contributed by atoms with Gasteiger partial charge in [-0.2, -0.15) is 0 Å². The summed E-state index contributed by atoms with van der Waals surface area (Å²) < 4.78 is 0. The van der Waals surface area contributed by atoms with Gasteiger partial charge in [-0.25, -0.2) is 0 Å². The molecule has 2 N–H and O–H groups in total. The summed E-state index contributed by atoms with van der Waals surface area (Å²) in [5.41, 5.74) is 6.76. The van der Waals surface area contributed by atoms with Gasteiger partial charge in [0.15, 0.2) is 0 Å². The molecule has 0 aromatic heterocycles. The molecule has 0 spiro atoms. The van der Waals surface area contributed by atoms with Crippen molar-refractivity contribution < 1.29 is 4.79 Å². The largest absolute Gasteiger partial charge is 0.321 e. The Kier molecular flexibility index (Phi) is 2.79. The predicted octanol–water partition coefficient (Wildman–Crippen LogP) is 1.91. The fraction of sp³-hybridized carbons (Fsp3) is 0.154. The topological polar surface area (TPSA) is 43.1 Å². The van der Waals surface area contributed by atoms with Crippen molar-refractivity contribution in [2.75, 3.05) is 0 Å². The third kappa shape index (κ3) is 2.05. The number of hydrogen-bond donors (Lipinski definition) is 1. The van der Waals surface area contributed by atoms with Crippen LogP contribution in [0.5, 0.6) is 0 Å². The molecule has 0 aliphatic carbocycles. The van der Waals surface area contributed by atoms with Gasteiger partial charge in [0, 0.05) is 0 Å². The number of fused-ring (bicyclic) bond motifs is 1. The number of benzene rings is 2. The summed E-state index contributed by atoms with van der Waals surface area (Å²) in [4.78, 5) is 10.5. The highest BCUT2D eigenvalue weighted by Gasteiger charge is 2.05. The van der Waals surface area contributed by atoms with Gasteiger partial charge in [0.2, 0.25) is 0 Å². The van der Waals surface area contributed by atoms with Crippen LogP contribution in [0.4, 0.5) is 0 Å². The Labute approximate surface area is 88.7 Å². The van der Waals surface area contributed by atoms with Crippen molar-refractivity contribution >= 4 is 17.1 Å². The molecule has 1 atom stereocenters. The molecule has 0 saturated heterocycles. The molecule has 2 aromatic rings. The number of nitrogens with two attached hydrogens (primary N) is 1. The van der Waals surface area contributed by atoms with E-state index in [0.29, 0.717) is 6.42 Å². The Bertz CT molecular complexity index is 473. The van der Waals surface area contributed by atoms with Crippen molar-refractivity contribution in [2.24, 2.45) is 5.73 Å². The summed E-state index contributed by atoms with van der Waals surface area (Å²) in [6.07, 6.45) is 1.40. The highest BCUT2D eigenvalue weighted by atomic mass is 16.1. The lowest BCUT2D eigenvalue weighted by molar-refractivity contribution is -0.108. The minimum Gasteiger partial charge on any atom is -0.321 e. The molecular weight excluding hydrogens is 186 g/mol. The zero-order valence-corrected chi connectivity index (χ0v) is 8.39. The van der Waals surface area contributed by atoms with Crippen molar-refractivity contribution in [3.05, 3.63) is 48.0 Å². The van der Waals surface area contributed by atoms with Gasteiger partial charge in [-0.1, -0.05) is 42.5 Å². The molecule has 0 radical (unpaired) electrons. The maximum Gasteiger partial charge on any atom is 0.137 e. The summed E-state index contributed by atoms with van der Waals surface area (Å²) in [6.45, 7) is 0. The van der Waals surface area contributed by atoms with Crippen LogP contribution < -0.4 is 5.73 Å². The van der Waals surface area contributed by atoms with Gasteiger partial charge in [-0.05, 0) is 22.8 Å². The summed E-state index contributed by atoms with van der Waals surface area (Å²) in [5, 5.41) is 2.37. The Morgan fingerprint density at radius 3 is 2.67 bits per heavy atom. The van der Waals surface area contributed by atoms with Gasteiger partial charge in [-0.3, -0.25) is 0 Å². The lowest BCUT2D eigenvalue weighted by Crippen LogP contribution is -2.24. The first-order chi connectivity index (χ1) is 7.31. The number of carbonyl (C=O) groups is 1. The second-order valence-electron chi connectivity index (χ2n) is 3.64. The van der Waals surface area contributed by atoms with Crippen molar-refractivity contribution in [1.29, 1.82) is 0 Å². The molecule has 2 heteroatoms. The number of carbonyl (C=O) groups excluding carboxylic acids is 1. The van der Waals surface area contributed by atoms with Crippen LogP contribution in [0, 0.1) is 0 Å². The highest BCUT2D eigenvalue weighted by molar-refractivity contribution is 5.86. The molecule has 0 fully saturated rings. The average molecular weight is 199 g/mol. The number of aldehydes is 1. The van der Waals surface area contributed by atoms with E-state index < -0.39 is 6.04 Å². The fourth-order valence-corrected chi connectivity index (χ4v) is 1.77. The molecule has 0 amide bonds. The summed E-state index contributed by atoms with van der Waals surface area (Å²) in [6, 6.07) is 13.8. The minimum atomic E-state index is -0.407. The van der Waals surface area contributed by atoms with E-state index in [9.17, 15) is 4.79 Å². The van der Waals surface area contributed by atoms with Crippen LogP contribution >= 0.6 is 0 Å². The zero-order chi connectivity index (χ0) is 10.7. The van der Waals surface area contributed by atoms with Crippen LogP contribution in [0.3, 0.4) is 0 Å². The van der Waals surface area contributed by atoms with Crippen LogP contribution in [0.1, 0.15) is 5.56 Å². The Balaban J connectivity index is 2.46. The minimum absolute atomic E-state index is 0.407. The molecule has 2 nitrogen and oxygen atoms in total. The predicted molar refractivity (Wildman–Crippen MR) is 61.7 cm³/mol. The van der Waals surface area contributed by atoms with Crippen molar-refractivity contribution in [3.8, 4) is 0 Å². The van der Waals surface area contributed by atoms with E-state index in [-0.39, 0.29) is 0 Å². The second kappa shape index (κ2) is 4.24. The molecular formula is C13H13NO. The molecule has 0 saturated carbocycles. The van der Waals surface area contributed by atoms with E-state index in [1.165, 1.54) is 10.8 Å². The van der Waals surface area contributed by atoms with Gasteiger partial charge in [0.25, 0.3) is 0 Å². The summed E-state index contributed by atoms with van der Waals surface area (Å²) >= 11 is 0. The Morgan fingerprint density at radius 1 is 1.13 bits per heavy atom. The normalized spacial score (nSPS) is 12.6. The second-order valence-corrected chi connectivity index (χ2v) is 3.64. The van der Waals surface area contributed by atoms with Crippen molar-refractivity contribution in [1.82, 2.24) is 0 Å². The third-order valence-corrected chi connectivity index (χ3v) is 2.51. The quantitative estimate of drug-likeness (QED) is 0.767. The molecule has 0 aliphatic rings. The first-order valence-electron chi connectivity index (χ1n) is 4.99. The van der Waals surface area contributed by atoms with Crippen LogP contribution in [0.25, 0.3) is 10.8 Å². The maximum absolute atomic E-state index is 10.5. The lowest BCUT2D eigenvalue weighted by Gasteiger charge is -2.07. The van der Waals surface area contributed by atoms with Crippen LogP contribution in [-0.4, -0.2) is 12.3 Å². The SMILES string of the molecule is NC(C=O)Cc1cccc2ccccc12. The molecule has 0 bridgehead atoms. The first-order valence-corrected chi connectivity index (χ1v) is 4.99. The zero-order valence-electron chi connectivity index (χ0n) is 8.39. The molecule has 0 aliphatic heterocycles. The van der Waals surface area contributed by atoms with E-state index in [1.54, 1.807) is 0 Å². The molecule has 1 unspecified atom stereocenters. The van der Waals surface area contributed by atoms with Crippen LogP contribution in [0.2, 0.25) is 0 Å². The van der Waals surface area contributed by atoms with Gasteiger partial charge in [-0.15, -0.1) is 0 Å². The van der Waals surface area contributed by atoms with Gasteiger partial charge in [0.1, 0.15) is 6.29 Å². The number of rotatable bonds is 3. The Hall–Kier alpha value is -1.67. The van der Waals surface area contributed by atoms with E-state index in [1.807, 2.05) is 24.3 Å². The highest BCUT2D eigenvalue weighted by Crippen LogP contribution is 2.19. The standard InChI is InChI=1S/C13H13NO/c14-12(9-15)8-11-6-3-5-10-4-1-2-7-13(10)11/h1-7,9,12H,8,14H2. The summed E-state index contributed by atoms with van der Waals surface area (Å²) in [5.74, 6) is 0. The summed E-state index contributed by atoms with van der Waals surface area (Å²) in [7, 11) is 0. The van der Waals surface area contributed by atoms with Gasteiger partial charge < -0.3 is 10.5 Å². The third-order valence-electron chi connectivity index (χ3n) is 2.51. The molecule has 2 aromatic carbocycles. The van der Waals surface area contributed by atoms with Crippen LogP contribution in [0.15, 0.2) is 42.5 Å². The first kappa shape index (κ1) is 9.87. The lowest BCUT2D eigenvalue weighted by atomic mass is 10.00. The van der Waals surface area contributed by atoms with Gasteiger partial charge in [0.05, 0.1) is 6.04 Å². The smallest absolute Gasteiger partial charge is 0.137 e. The molecule has 2 rings (SSSR count).